The van der Waals surface area contributed by atoms with Gasteiger partial charge in [-0.25, -0.2) is 0 Å². The predicted octanol–water partition coefficient (Wildman–Crippen LogP) is 3.54. The molecule has 1 N–H and O–H groups in total. The number of hydrogen-bond acceptors (Lipinski definition) is 3. The van der Waals surface area contributed by atoms with Crippen LogP contribution in [0.15, 0.2) is 28.8 Å². The second-order valence-corrected chi connectivity index (χ2v) is 4.23. The second-order valence-electron chi connectivity index (χ2n) is 3.42. The topological polar surface area (TPSA) is 55.1 Å². The largest absolute Gasteiger partial charge is 0.338 e. The van der Waals surface area contributed by atoms with Gasteiger partial charge in [0.1, 0.15) is 0 Å². The fraction of sp³-hybridized carbons (Fsp3) is 0.0909. The molecule has 0 aliphatic rings. The number of nitrogens with one attached hydrogen (secondary N) is 1. The van der Waals surface area contributed by atoms with E-state index in [0.29, 0.717) is 27.2 Å². The SMILES string of the molecule is Cc1cc(NC(=O)c2ccc(Cl)c(Cl)c2)on1. The van der Waals surface area contributed by atoms with Crippen molar-refractivity contribution in [2.75, 3.05) is 5.32 Å². The Kier molecular flexibility index (Phi) is 3.36. The van der Waals surface area contributed by atoms with Gasteiger partial charge in [-0.2, -0.15) is 0 Å². The maximum absolute atomic E-state index is 11.8. The summed E-state index contributed by atoms with van der Waals surface area (Å²) >= 11 is 11.6. The summed E-state index contributed by atoms with van der Waals surface area (Å²) in [5.74, 6) is -0.0433. The van der Waals surface area contributed by atoms with Gasteiger partial charge in [0.05, 0.1) is 15.7 Å². The number of benzene rings is 1. The van der Waals surface area contributed by atoms with E-state index in [4.69, 9.17) is 27.7 Å². The van der Waals surface area contributed by atoms with Gasteiger partial charge in [-0.3, -0.25) is 10.1 Å². The summed E-state index contributed by atoms with van der Waals surface area (Å²) in [6, 6.07) is 6.25. The molecule has 0 bridgehead atoms. The van der Waals surface area contributed by atoms with E-state index in [-0.39, 0.29) is 5.91 Å². The van der Waals surface area contributed by atoms with Crippen LogP contribution in [0.4, 0.5) is 5.88 Å². The zero-order valence-electron chi connectivity index (χ0n) is 8.83. The van der Waals surface area contributed by atoms with Crippen molar-refractivity contribution in [1.29, 1.82) is 0 Å². The minimum Gasteiger partial charge on any atom is -0.338 e. The van der Waals surface area contributed by atoms with Crippen molar-refractivity contribution in [2.45, 2.75) is 6.92 Å². The molecule has 1 aromatic carbocycles. The van der Waals surface area contributed by atoms with Crippen molar-refractivity contribution in [2.24, 2.45) is 0 Å². The van der Waals surface area contributed by atoms with E-state index in [1.165, 1.54) is 6.07 Å². The Morgan fingerprint density at radius 3 is 2.65 bits per heavy atom. The maximum atomic E-state index is 11.8. The second kappa shape index (κ2) is 4.77. The number of amides is 1. The van der Waals surface area contributed by atoms with Crippen LogP contribution in [-0.4, -0.2) is 11.1 Å². The Labute approximate surface area is 108 Å². The monoisotopic (exact) mass is 270 g/mol. The molecule has 0 spiro atoms. The molecule has 88 valence electrons. The molecule has 0 saturated carbocycles. The van der Waals surface area contributed by atoms with Crippen LogP contribution in [0.25, 0.3) is 0 Å². The number of hydrogen-bond donors (Lipinski definition) is 1. The summed E-state index contributed by atoms with van der Waals surface area (Å²) in [6.07, 6.45) is 0. The zero-order chi connectivity index (χ0) is 12.4. The van der Waals surface area contributed by atoms with Crippen LogP contribution in [-0.2, 0) is 0 Å². The van der Waals surface area contributed by atoms with Gasteiger partial charge in [0, 0.05) is 11.6 Å². The number of carbonyl (C=O) groups excluding carboxylic acids is 1. The average molecular weight is 271 g/mol. The van der Waals surface area contributed by atoms with Crippen molar-refractivity contribution in [3.05, 3.63) is 45.6 Å². The van der Waals surface area contributed by atoms with Gasteiger partial charge in [-0.15, -0.1) is 0 Å². The van der Waals surface area contributed by atoms with E-state index >= 15 is 0 Å². The number of halogens is 2. The van der Waals surface area contributed by atoms with Gasteiger partial charge in [0.25, 0.3) is 5.91 Å². The molecule has 17 heavy (non-hydrogen) atoms. The van der Waals surface area contributed by atoms with Crippen LogP contribution in [0.2, 0.25) is 10.0 Å². The summed E-state index contributed by atoms with van der Waals surface area (Å²) in [4.78, 5) is 11.8. The van der Waals surface area contributed by atoms with Crippen LogP contribution in [0, 0.1) is 6.92 Å². The Morgan fingerprint density at radius 2 is 2.06 bits per heavy atom. The molecule has 0 aliphatic heterocycles. The summed E-state index contributed by atoms with van der Waals surface area (Å²) < 4.78 is 4.87. The van der Waals surface area contributed by atoms with Crippen molar-refractivity contribution in [3.63, 3.8) is 0 Å². The first-order valence-electron chi connectivity index (χ1n) is 4.76. The fourth-order valence-electron chi connectivity index (χ4n) is 1.24. The molecule has 0 aliphatic carbocycles. The molecule has 1 amide bonds. The summed E-state index contributed by atoms with van der Waals surface area (Å²) in [5.41, 5.74) is 1.09. The van der Waals surface area contributed by atoms with E-state index in [9.17, 15) is 4.79 Å². The van der Waals surface area contributed by atoms with E-state index in [1.807, 2.05) is 0 Å². The zero-order valence-corrected chi connectivity index (χ0v) is 10.3. The molecular weight excluding hydrogens is 263 g/mol. The van der Waals surface area contributed by atoms with Crippen molar-refractivity contribution in [3.8, 4) is 0 Å². The smallest absolute Gasteiger partial charge is 0.258 e. The molecule has 0 radical (unpaired) electrons. The summed E-state index contributed by atoms with van der Waals surface area (Å²) in [6.45, 7) is 1.76. The molecular formula is C11H8Cl2N2O2. The van der Waals surface area contributed by atoms with Gasteiger partial charge in [-0.1, -0.05) is 28.4 Å². The number of anilines is 1. The minimum absolute atomic E-state index is 0.290. The van der Waals surface area contributed by atoms with Gasteiger partial charge in [0.2, 0.25) is 5.88 Å². The maximum Gasteiger partial charge on any atom is 0.258 e. The first-order valence-corrected chi connectivity index (χ1v) is 5.51. The summed E-state index contributed by atoms with van der Waals surface area (Å²) in [5, 5.41) is 6.94. The Hall–Kier alpha value is -1.52. The molecule has 0 atom stereocenters. The number of aromatic nitrogens is 1. The molecule has 4 nitrogen and oxygen atoms in total. The highest BCUT2D eigenvalue weighted by molar-refractivity contribution is 6.42. The van der Waals surface area contributed by atoms with Crippen molar-refractivity contribution in [1.82, 2.24) is 5.16 Å². The highest BCUT2D eigenvalue weighted by Gasteiger charge is 2.10. The lowest BCUT2D eigenvalue weighted by molar-refractivity contribution is 0.102. The molecule has 0 fully saturated rings. The average Bonchev–Trinajstić information content (AvgIpc) is 2.68. The van der Waals surface area contributed by atoms with Gasteiger partial charge < -0.3 is 4.52 Å². The first-order chi connectivity index (χ1) is 8.06. The summed E-state index contributed by atoms with van der Waals surface area (Å²) in [7, 11) is 0. The standard InChI is InChI=1S/C11H8Cl2N2O2/c1-6-4-10(17-15-6)14-11(16)7-2-3-8(12)9(13)5-7/h2-5H,1H3,(H,14,16). The lowest BCUT2D eigenvalue weighted by Gasteiger charge is -2.02. The minimum atomic E-state index is -0.334. The van der Waals surface area contributed by atoms with Crippen LogP contribution < -0.4 is 5.32 Å². The molecule has 2 aromatic rings. The molecule has 6 heteroatoms. The molecule has 0 saturated heterocycles. The van der Waals surface area contributed by atoms with E-state index in [0.717, 1.165) is 0 Å². The Morgan fingerprint density at radius 1 is 1.29 bits per heavy atom. The third kappa shape index (κ3) is 2.78. The predicted molar refractivity (Wildman–Crippen MR) is 65.7 cm³/mol. The quantitative estimate of drug-likeness (QED) is 0.908. The first kappa shape index (κ1) is 12.0. The molecule has 0 unspecified atom stereocenters. The lowest BCUT2D eigenvalue weighted by Crippen LogP contribution is -2.11. The van der Waals surface area contributed by atoms with Crippen molar-refractivity contribution < 1.29 is 9.32 Å². The van der Waals surface area contributed by atoms with E-state index in [2.05, 4.69) is 10.5 Å². The van der Waals surface area contributed by atoms with Crippen LogP contribution in [0.1, 0.15) is 16.1 Å². The number of rotatable bonds is 2. The van der Waals surface area contributed by atoms with Gasteiger partial charge in [0.15, 0.2) is 0 Å². The third-order valence-corrected chi connectivity index (χ3v) is 2.79. The number of aryl methyl sites for hydroxylation is 1. The lowest BCUT2D eigenvalue weighted by atomic mass is 10.2. The van der Waals surface area contributed by atoms with Gasteiger partial charge >= 0.3 is 0 Å². The van der Waals surface area contributed by atoms with Crippen LogP contribution in [0.5, 0.6) is 0 Å². The van der Waals surface area contributed by atoms with Gasteiger partial charge in [-0.05, 0) is 25.1 Å². The van der Waals surface area contributed by atoms with E-state index in [1.54, 1.807) is 25.1 Å². The molecule has 1 heterocycles. The fourth-order valence-corrected chi connectivity index (χ4v) is 1.54. The highest BCUT2D eigenvalue weighted by atomic mass is 35.5. The Bertz CT molecular complexity index is 566. The van der Waals surface area contributed by atoms with Crippen LogP contribution in [0.3, 0.4) is 0 Å². The normalized spacial score (nSPS) is 10.3. The molecule has 2 rings (SSSR count). The van der Waals surface area contributed by atoms with Crippen LogP contribution >= 0.6 is 23.2 Å². The highest BCUT2D eigenvalue weighted by Crippen LogP contribution is 2.23. The van der Waals surface area contributed by atoms with E-state index < -0.39 is 0 Å². The number of carbonyl (C=O) groups is 1. The third-order valence-electron chi connectivity index (χ3n) is 2.05. The van der Waals surface area contributed by atoms with Crippen molar-refractivity contribution >= 4 is 35.0 Å². The molecule has 1 aromatic heterocycles. The Balaban J connectivity index is 2.17. The number of nitrogens with zero attached hydrogens (tertiary/aromatic N) is 1.